The van der Waals surface area contributed by atoms with Crippen molar-refractivity contribution in [3.8, 4) is 0 Å². The Hall–Kier alpha value is -3.38. The Bertz CT molecular complexity index is 1580. The minimum Gasteiger partial charge on any atom is -0.480 e. The van der Waals surface area contributed by atoms with E-state index in [1.807, 2.05) is 0 Å². The topological polar surface area (TPSA) is 151 Å². The van der Waals surface area contributed by atoms with Crippen molar-refractivity contribution in [3.05, 3.63) is 58.8 Å². The fourth-order valence-electron chi connectivity index (χ4n) is 3.54. The van der Waals surface area contributed by atoms with Crippen LogP contribution in [0, 0.1) is 5.92 Å². The number of nitrogens with zero attached hydrogens (tertiary/aromatic N) is 1. The van der Waals surface area contributed by atoms with Crippen LogP contribution in [0.1, 0.15) is 13.8 Å². The van der Waals surface area contributed by atoms with Gasteiger partial charge in [-0.25, -0.2) is 18.2 Å². The maximum atomic E-state index is 12.8. The van der Waals surface area contributed by atoms with Crippen LogP contribution < -0.4 is 15.4 Å². The number of carboxylic acids is 1. The molecular weight excluding hydrogens is 531 g/mol. The minimum absolute atomic E-state index is 0.128. The van der Waals surface area contributed by atoms with E-state index in [2.05, 4.69) is 20.3 Å². The molecule has 1 atom stereocenters. The highest BCUT2D eigenvalue weighted by Crippen LogP contribution is 2.32. The molecule has 0 bridgehead atoms. The van der Waals surface area contributed by atoms with Gasteiger partial charge in [-0.2, -0.15) is 4.72 Å². The van der Waals surface area contributed by atoms with Crippen LogP contribution in [0.4, 0.5) is 16.2 Å². The summed E-state index contributed by atoms with van der Waals surface area (Å²) in [6.07, 6.45) is 0. The zero-order valence-corrected chi connectivity index (χ0v) is 21.2. The van der Waals surface area contributed by atoms with Crippen molar-refractivity contribution < 1.29 is 27.5 Å². The number of halogens is 2. The van der Waals surface area contributed by atoms with Crippen LogP contribution in [-0.4, -0.2) is 36.6 Å². The summed E-state index contributed by atoms with van der Waals surface area (Å²) in [6.45, 7) is 3.22. The lowest BCUT2D eigenvalue weighted by molar-refractivity contribution is -0.140. The summed E-state index contributed by atoms with van der Waals surface area (Å²) in [6, 6.07) is 10.3. The first-order valence-electron chi connectivity index (χ1n) is 10.6. The van der Waals surface area contributed by atoms with Gasteiger partial charge in [-0.3, -0.25) is 4.79 Å². The molecule has 0 fully saturated rings. The first-order chi connectivity index (χ1) is 16.9. The molecule has 0 aliphatic rings. The van der Waals surface area contributed by atoms with E-state index in [9.17, 15) is 23.1 Å². The fourth-order valence-corrected chi connectivity index (χ4v) is 5.35. The number of rotatable bonds is 7. The number of carbonyl (C=O) groups is 2. The lowest BCUT2D eigenvalue weighted by Gasteiger charge is -2.17. The number of fused-ring (bicyclic) bond motifs is 3. The smallest absolute Gasteiger partial charge is 0.323 e. The lowest BCUT2D eigenvalue weighted by Crippen LogP contribution is -2.44. The summed E-state index contributed by atoms with van der Waals surface area (Å²) in [5.41, 5.74) is 1.56. The average molecular weight is 551 g/mol. The van der Waals surface area contributed by atoms with Crippen molar-refractivity contribution in [1.82, 2.24) is 9.71 Å². The van der Waals surface area contributed by atoms with Crippen LogP contribution in [0.25, 0.3) is 21.9 Å². The van der Waals surface area contributed by atoms with Gasteiger partial charge in [0.15, 0.2) is 0 Å². The molecule has 2 aromatic heterocycles. The zero-order chi connectivity index (χ0) is 26.2. The van der Waals surface area contributed by atoms with E-state index in [1.165, 1.54) is 24.3 Å². The maximum absolute atomic E-state index is 12.8. The molecule has 4 aromatic rings. The Morgan fingerprint density at radius 2 is 1.58 bits per heavy atom. The van der Waals surface area contributed by atoms with Gasteiger partial charge in [0, 0.05) is 28.2 Å². The first-order valence-corrected chi connectivity index (χ1v) is 12.8. The summed E-state index contributed by atoms with van der Waals surface area (Å²) in [7, 11) is -4.12. The van der Waals surface area contributed by atoms with Crippen LogP contribution in [-0.2, 0) is 14.8 Å². The van der Waals surface area contributed by atoms with Gasteiger partial charge in [-0.1, -0.05) is 37.0 Å². The summed E-state index contributed by atoms with van der Waals surface area (Å²) in [4.78, 5) is 27.5. The van der Waals surface area contributed by atoms with Crippen LogP contribution >= 0.6 is 23.2 Å². The molecule has 36 heavy (non-hydrogen) atoms. The second kappa shape index (κ2) is 9.94. The number of aromatic nitrogens is 1. The van der Waals surface area contributed by atoms with E-state index in [1.54, 1.807) is 38.1 Å². The van der Waals surface area contributed by atoms with E-state index in [4.69, 9.17) is 27.6 Å². The molecule has 0 aliphatic carbocycles. The number of urea groups is 1. The summed E-state index contributed by atoms with van der Waals surface area (Å²) < 4.78 is 33.6. The number of hydrogen-bond acceptors (Lipinski definition) is 6. The third-order valence-electron chi connectivity index (χ3n) is 5.25. The second-order valence-corrected chi connectivity index (χ2v) is 10.7. The van der Waals surface area contributed by atoms with Crippen LogP contribution in [0.3, 0.4) is 0 Å². The van der Waals surface area contributed by atoms with Crippen molar-refractivity contribution in [2.75, 3.05) is 10.6 Å². The molecule has 10 nitrogen and oxygen atoms in total. The Balaban J connectivity index is 1.59. The number of carboxylic acid groups (broad SMARTS) is 1. The lowest BCUT2D eigenvalue weighted by atomic mass is 10.1. The molecular formula is C23H20Cl2N4O6S. The molecule has 13 heteroatoms. The SMILES string of the molecule is CC(C)[C@H](NS(=O)(=O)c1ccc2c(c1)oc1ccc(NC(=O)Nc3cc(Cl)nc(Cl)c3)cc12)C(=O)O. The highest BCUT2D eigenvalue weighted by Gasteiger charge is 2.28. The monoisotopic (exact) mass is 550 g/mol. The number of anilines is 2. The van der Waals surface area contributed by atoms with Crippen LogP contribution in [0.15, 0.2) is 57.8 Å². The van der Waals surface area contributed by atoms with E-state index >= 15 is 0 Å². The maximum Gasteiger partial charge on any atom is 0.323 e. The number of benzene rings is 2. The third kappa shape index (κ3) is 5.54. The Labute approximate surface area is 215 Å². The molecule has 0 spiro atoms. The molecule has 188 valence electrons. The molecule has 2 heterocycles. The number of sulfonamides is 1. The van der Waals surface area contributed by atoms with Gasteiger partial charge >= 0.3 is 12.0 Å². The minimum atomic E-state index is -4.12. The van der Waals surface area contributed by atoms with Gasteiger partial charge in [0.2, 0.25) is 10.0 Å². The molecule has 0 saturated heterocycles. The summed E-state index contributed by atoms with van der Waals surface area (Å²) >= 11 is 11.7. The number of carbonyl (C=O) groups excluding carboxylic acids is 1. The molecule has 4 rings (SSSR count). The Kier molecular flexibility index (Phi) is 7.10. The first kappa shape index (κ1) is 25.7. The number of hydrogen-bond donors (Lipinski definition) is 4. The summed E-state index contributed by atoms with van der Waals surface area (Å²) in [5, 5.41) is 16.1. The normalized spacial score (nSPS) is 12.7. The quantitative estimate of drug-likeness (QED) is 0.227. The Morgan fingerprint density at radius 1 is 0.917 bits per heavy atom. The summed E-state index contributed by atoms with van der Waals surface area (Å²) in [5.74, 6) is -1.72. The van der Waals surface area contributed by atoms with Crippen molar-refractivity contribution in [2.24, 2.45) is 5.92 Å². The largest absolute Gasteiger partial charge is 0.480 e. The van der Waals surface area contributed by atoms with Crippen LogP contribution in [0.5, 0.6) is 0 Å². The zero-order valence-electron chi connectivity index (χ0n) is 18.9. The molecule has 0 radical (unpaired) electrons. The number of pyridine rings is 1. The van der Waals surface area contributed by atoms with Gasteiger partial charge in [0.1, 0.15) is 27.5 Å². The number of aliphatic carboxylic acids is 1. The average Bonchev–Trinajstić information content (AvgIpc) is 3.13. The molecule has 2 aromatic carbocycles. The predicted molar refractivity (Wildman–Crippen MR) is 137 cm³/mol. The van der Waals surface area contributed by atoms with Gasteiger partial charge in [0.05, 0.1) is 4.90 Å². The van der Waals surface area contributed by atoms with Gasteiger partial charge in [0.25, 0.3) is 0 Å². The van der Waals surface area contributed by atoms with Gasteiger partial charge in [-0.05, 0) is 48.4 Å². The highest BCUT2D eigenvalue weighted by molar-refractivity contribution is 7.89. The van der Waals surface area contributed by atoms with Crippen molar-refractivity contribution in [2.45, 2.75) is 24.8 Å². The van der Waals surface area contributed by atoms with Gasteiger partial charge in [-0.15, -0.1) is 0 Å². The molecule has 2 amide bonds. The van der Waals surface area contributed by atoms with E-state index in [-0.39, 0.29) is 20.8 Å². The van der Waals surface area contributed by atoms with Crippen LogP contribution in [0.2, 0.25) is 10.3 Å². The molecule has 4 N–H and O–H groups in total. The molecule has 0 saturated carbocycles. The third-order valence-corrected chi connectivity index (χ3v) is 7.07. The van der Waals surface area contributed by atoms with E-state index in [0.29, 0.717) is 27.7 Å². The number of amides is 2. The predicted octanol–water partition coefficient (Wildman–Crippen LogP) is 5.32. The second-order valence-electron chi connectivity index (χ2n) is 8.23. The van der Waals surface area contributed by atoms with Gasteiger partial charge < -0.3 is 20.2 Å². The highest BCUT2D eigenvalue weighted by atomic mass is 35.5. The Morgan fingerprint density at radius 3 is 2.22 bits per heavy atom. The van der Waals surface area contributed by atoms with E-state index < -0.39 is 34.0 Å². The van der Waals surface area contributed by atoms with Crippen molar-refractivity contribution in [3.63, 3.8) is 0 Å². The fraction of sp³-hybridized carbons (Fsp3) is 0.174. The molecule has 0 unspecified atom stereocenters. The standard InChI is InChI=1S/C23H20Cl2N4O6S/c1-11(2)21(22(30)31)29-36(33,34)14-4-5-15-16-7-12(3-6-17(16)35-18(15)10-14)26-23(32)27-13-8-19(24)28-20(25)9-13/h3-11,21,29H,1-2H3,(H,30,31)(H2,26,27,28,32)/t21-/m0/s1. The molecule has 0 aliphatic heterocycles. The number of nitrogens with one attached hydrogen (secondary N) is 3. The van der Waals surface area contributed by atoms with Crippen molar-refractivity contribution >= 4 is 78.5 Å². The number of furan rings is 1. The van der Waals surface area contributed by atoms with E-state index in [0.717, 1.165) is 0 Å². The van der Waals surface area contributed by atoms with Crippen molar-refractivity contribution in [1.29, 1.82) is 0 Å².